The second-order valence-electron chi connectivity index (χ2n) is 4.21. The van der Waals surface area contributed by atoms with E-state index in [9.17, 15) is 4.79 Å². The van der Waals surface area contributed by atoms with Crippen molar-refractivity contribution in [2.45, 2.75) is 13.5 Å². The third kappa shape index (κ3) is 4.87. The number of amides is 1. The van der Waals surface area contributed by atoms with Gasteiger partial charge in [0.1, 0.15) is 6.61 Å². The van der Waals surface area contributed by atoms with Gasteiger partial charge in [-0.1, -0.05) is 37.3 Å². The Hall–Kier alpha value is -1.55. The second kappa shape index (κ2) is 6.91. The topological polar surface area (TPSA) is 49.8 Å². The van der Waals surface area contributed by atoms with Gasteiger partial charge in [-0.2, -0.15) is 0 Å². The Labute approximate surface area is 102 Å². The summed E-state index contributed by atoms with van der Waals surface area (Å²) in [5.74, 6) is 0.0595. The van der Waals surface area contributed by atoms with Gasteiger partial charge in [0.15, 0.2) is 0 Å². The normalized spacial score (nSPS) is 11.9. The summed E-state index contributed by atoms with van der Waals surface area (Å²) in [5.41, 5.74) is 0.962. The molecule has 0 aliphatic rings. The van der Waals surface area contributed by atoms with Crippen LogP contribution in [0, 0.1) is 5.92 Å². The summed E-state index contributed by atoms with van der Waals surface area (Å²) >= 11 is 0. The van der Waals surface area contributed by atoms with Gasteiger partial charge in [-0.05, 0) is 11.5 Å². The van der Waals surface area contributed by atoms with Crippen molar-refractivity contribution < 1.29 is 14.6 Å². The van der Waals surface area contributed by atoms with Gasteiger partial charge >= 0.3 is 6.09 Å². The van der Waals surface area contributed by atoms with E-state index in [1.807, 2.05) is 37.3 Å². The molecular formula is C13H19NO3. The van der Waals surface area contributed by atoms with E-state index in [0.29, 0.717) is 6.54 Å². The third-order valence-electron chi connectivity index (χ3n) is 2.41. The summed E-state index contributed by atoms with van der Waals surface area (Å²) in [6.45, 7) is 2.71. The van der Waals surface area contributed by atoms with E-state index in [1.165, 1.54) is 4.90 Å². The number of hydrogen-bond donors (Lipinski definition) is 1. The SMILES string of the molecule is C[C@H](CO)CN(C)C(=O)OCc1ccccc1. The van der Waals surface area contributed by atoms with Gasteiger partial charge in [0.25, 0.3) is 0 Å². The molecule has 4 heteroatoms. The van der Waals surface area contributed by atoms with E-state index >= 15 is 0 Å². The zero-order valence-electron chi connectivity index (χ0n) is 10.3. The predicted octanol–water partition coefficient (Wildman–Crippen LogP) is 1.88. The highest BCUT2D eigenvalue weighted by atomic mass is 16.6. The predicted molar refractivity (Wildman–Crippen MR) is 65.5 cm³/mol. The number of aliphatic hydroxyl groups is 1. The average molecular weight is 237 g/mol. The smallest absolute Gasteiger partial charge is 0.409 e. The van der Waals surface area contributed by atoms with Gasteiger partial charge in [0, 0.05) is 20.2 Å². The van der Waals surface area contributed by atoms with Crippen molar-refractivity contribution in [1.82, 2.24) is 4.90 Å². The molecule has 0 aliphatic carbocycles. The Balaban J connectivity index is 2.34. The Morgan fingerprint density at radius 1 is 1.41 bits per heavy atom. The molecule has 0 unspecified atom stereocenters. The quantitative estimate of drug-likeness (QED) is 0.850. The second-order valence-corrected chi connectivity index (χ2v) is 4.21. The van der Waals surface area contributed by atoms with Crippen LogP contribution in [-0.2, 0) is 11.3 Å². The highest BCUT2D eigenvalue weighted by Crippen LogP contribution is 2.04. The van der Waals surface area contributed by atoms with Crippen molar-refractivity contribution in [2.24, 2.45) is 5.92 Å². The maximum absolute atomic E-state index is 11.6. The number of carbonyl (C=O) groups excluding carboxylic acids is 1. The molecule has 0 bridgehead atoms. The first kappa shape index (κ1) is 13.5. The van der Waals surface area contributed by atoms with Crippen LogP contribution in [0.1, 0.15) is 12.5 Å². The molecule has 0 radical (unpaired) electrons. The standard InChI is InChI=1S/C13H19NO3/c1-11(9-15)8-14(2)13(16)17-10-12-6-4-3-5-7-12/h3-7,11,15H,8-10H2,1-2H3/t11-/m0/s1. The summed E-state index contributed by atoms with van der Waals surface area (Å²) in [6.07, 6.45) is -0.367. The molecule has 1 amide bonds. The molecule has 0 heterocycles. The van der Waals surface area contributed by atoms with Crippen LogP contribution < -0.4 is 0 Å². The highest BCUT2D eigenvalue weighted by molar-refractivity contribution is 5.67. The first-order chi connectivity index (χ1) is 8.13. The lowest BCUT2D eigenvalue weighted by Crippen LogP contribution is -2.32. The van der Waals surface area contributed by atoms with E-state index < -0.39 is 0 Å². The average Bonchev–Trinajstić information content (AvgIpc) is 2.36. The van der Waals surface area contributed by atoms with E-state index in [2.05, 4.69) is 0 Å². The molecule has 0 saturated carbocycles. The van der Waals surface area contributed by atoms with Gasteiger partial charge in [0.05, 0.1) is 0 Å². The van der Waals surface area contributed by atoms with Crippen molar-refractivity contribution in [3.05, 3.63) is 35.9 Å². The monoisotopic (exact) mass is 237 g/mol. The fourth-order valence-corrected chi connectivity index (χ4v) is 1.43. The molecule has 0 aromatic heterocycles. The number of ether oxygens (including phenoxy) is 1. The minimum absolute atomic E-state index is 0.0595. The molecule has 1 rings (SSSR count). The van der Waals surface area contributed by atoms with Crippen molar-refractivity contribution in [1.29, 1.82) is 0 Å². The van der Waals surface area contributed by atoms with Gasteiger partial charge < -0.3 is 14.7 Å². The van der Waals surface area contributed by atoms with Gasteiger partial charge in [-0.3, -0.25) is 0 Å². The number of nitrogens with zero attached hydrogens (tertiary/aromatic N) is 1. The van der Waals surface area contributed by atoms with Crippen LogP contribution in [-0.4, -0.2) is 36.3 Å². The minimum Gasteiger partial charge on any atom is -0.445 e. The summed E-state index contributed by atoms with van der Waals surface area (Å²) in [4.78, 5) is 13.1. The van der Waals surface area contributed by atoms with Crippen LogP contribution in [0.4, 0.5) is 4.79 Å². The molecular weight excluding hydrogens is 218 g/mol. The zero-order valence-corrected chi connectivity index (χ0v) is 10.3. The zero-order chi connectivity index (χ0) is 12.7. The van der Waals surface area contributed by atoms with Crippen molar-refractivity contribution in [3.63, 3.8) is 0 Å². The van der Waals surface area contributed by atoms with Crippen LogP contribution in [0.5, 0.6) is 0 Å². The molecule has 94 valence electrons. The third-order valence-corrected chi connectivity index (χ3v) is 2.41. The first-order valence-electron chi connectivity index (χ1n) is 5.66. The summed E-state index contributed by atoms with van der Waals surface area (Å²) in [6, 6.07) is 9.54. The fraction of sp³-hybridized carbons (Fsp3) is 0.462. The maximum Gasteiger partial charge on any atom is 0.409 e. The number of benzene rings is 1. The van der Waals surface area contributed by atoms with E-state index in [1.54, 1.807) is 7.05 Å². The lowest BCUT2D eigenvalue weighted by molar-refractivity contribution is 0.0953. The molecule has 0 aliphatic heterocycles. The van der Waals surface area contributed by atoms with Crippen molar-refractivity contribution in [3.8, 4) is 0 Å². The highest BCUT2D eigenvalue weighted by Gasteiger charge is 2.12. The number of rotatable bonds is 5. The van der Waals surface area contributed by atoms with Crippen LogP contribution in [0.15, 0.2) is 30.3 Å². The summed E-state index contributed by atoms with van der Waals surface area (Å²) in [5, 5.41) is 8.89. The molecule has 4 nitrogen and oxygen atoms in total. The van der Waals surface area contributed by atoms with Crippen LogP contribution in [0.25, 0.3) is 0 Å². The van der Waals surface area contributed by atoms with Crippen LogP contribution in [0.3, 0.4) is 0 Å². The molecule has 1 atom stereocenters. The first-order valence-corrected chi connectivity index (χ1v) is 5.66. The number of hydrogen-bond acceptors (Lipinski definition) is 3. The maximum atomic E-state index is 11.6. The summed E-state index contributed by atoms with van der Waals surface area (Å²) in [7, 11) is 1.67. The van der Waals surface area contributed by atoms with Gasteiger partial charge in [0.2, 0.25) is 0 Å². The van der Waals surface area contributed by atoms with Crippen LogP contribution >= 0.6 is 0 Å². The molecule has 1 aromatic rings. The Morgan fingerprint density at radius 3 is 2.65 bits per heavy atom. The fourth-order valence-electron chi connectivity index (χ4n) is 1.43. The van der Waals surface area contributed by atoms with Gasteiger partial charge in [-0.15, -0.1) is 0 Å². The lowest BCUT2D eigenvalue weighted by atomic mass is 10.2. The number of aliphatic hydroxyl groups excluding tert-OH is 1. The van der Waals surface area contributed by atoms with Crippen molar-refractivity contribution >= 4 is 6.09 Å². The van der Waals surface area contributed by atoms with E-state index in [4.69, 9.17) is 9.84 Å². The van der Waals surface area contributed by atoms with Crippen molar-refractivity contribution in [2.75, 3.05) is 20.2 Å². The summed E-state index contributed by atoms with van der Waals surface area (Å²) < 4.78 is 5.14. The lowest BCUT2D eigenvalue weighted by Gasteiger charge is -2.19. The van der Waals surface area contributed by atoms with E-state index in [-0.39, 0.29) is 25.2 Å². The molecule has 0 fully saturated rings. The Morgan fingerprint density at radius 2 is 2.06 bits per heavy atom. The minimum atomic E-state index is -0.367. The molecule has 0 spiro atoms. The van der Waals surface area contributed by atoms with Crippen LogP contribution in [0.2, 0.25) is 0 Å². The Kier molecular flexibility index (Phi) is 5.49. The molecule has 0 saturated heterocycles. The largest absolute Gasteiger partial charge is 0.445 e. The van der Waals surface area contributed by atoms with E-state index in [0.717, 1.165) is 5.56 Å². The molecule has 17 heavy (non-hydrogen) atoms. The molecule has 1 N–H and O–H groups in total. The van der Waals surface area contributed by atoms with Gasteiger partial charge in [-0.25, -0.2) is 4.79 Å². The molecule has 1 aromatic carbocycles. The Bertz CT molecular complexity index is 340. The number of carbonyl (C=O) groups is 1.